The van der Waals surface area contributed by atoms with Crippen LogP contribution in [0.2, 0.25) is 0 Å². The number of hydrogen-bond donors (Lipinski definition) is 1. The van der Waals surface area contributed by atoms with E-state index in [-0.39, 0.29) is 0 Å². The first-order chi connectivity index (χ1) is 8.81. The fourth-order valence-electron chi connectivity index (χ4n) is 2.54. The molecule has 1 aliphatic carbocycles. The van der Waals surface area contributed by atoms with E-state index in [0.717, 1.165) is 18.8 Å². The van der Waals surface area contributed by atoms with Gasteiger partial charge < -0.3 is 10.1 Å². The van der Waals surface area contributed by atoms with Crippen molar-refractivity contribution in [2.24, 2.45) is 5.92 Å². The molecule has 1 fully saturated rings. The standard InChI is InChI=1S/C15H24N2O/c1-3-16-10-13-8-9-17-11-15(13)18-14-7-5-4-6-12(14)2/h8-9,11-12,14,16H,3-7,10H2,1-2H3. The van der Waals surface area contributed by atoms with Crippen LogP contribution in [-0.4, -0.2) is 17.6 Å². The zero-order valence-electron chi connectivity index (χ0n) is 11.5. The smallest absolute Gasteiger partial charge is 0.142 e. The summed E-state index contributed by atoms with van der Waals surface area (Å²) in [5.41, 5.74) is 1.21. The molecule has 1 saturated carbocycles. The molecule has 0 aromatic carbocycles. The molecule has 0 aliphatic heterocycles. The van der Waals surface area contributed by atoms with Crippen LogP contribution in [0.1, 0.15) is 45.1 Å². The number of aromatic nitrogens is 1. The Bertz CT molecular complexity index is 367. The lowest BCUT2D eigenvalue weighted by Gasteiger charge is -2.29. The zero-order chi connectivity index (χ0) is 12.8. The molecule has 0 radical (unpaired) electrons. The van der Waals surface area contributed by atoms with Crippen molar-refractivity contribution in [3.8, 4) is 5.75 Å². The predicted molar refractivity (Wildman–Crippen MR) is 73.7 cm³/mol. The van der Waals surface area contributed by atoms with Crippen LogP contribution in [0.25, 0.3) is 0 Å². The van der Waals surface area contributed by atoms with Crippen LogP contribution in [0.3, 0.4) is 0 Å². The minimum atomic E-state index is 0.364. The highest BCUT2D eigenvalue weighted by Crippen LogP contribution is 2.29. The van der Waals surface area contributed by atoms with E-state index in [1.165, 1.54) is 31.2 Å². The summed E-state index contributed by atoms with van der Waals surface area (Å²) >= 11 is 0. The molecule has 1 aromatic heterocycles. The number of nitrogens with one attached hydrogen (secondary N) is 1. The summed E-state index contributed by atoms with van der Waals surface area (Å²) in [7, 11) is 0. The van der Waals surface area contributed by atoms with Crippen molar-refractivity contribution < 1.29 is 4.74 Å². The van der Waals surface area contributed by atoms with Crippen LogP contribution in [0.4, 0.5) is 0 Å². The van der Waals surface area contributed by atoms with E-state index in [4.69, 9.17) is 4.74 Å². The van der Waals surface area contributed by atoms with Gasteiger partial charge in [-0.15, -0.1) is 0 Å². The van der Waals surface area contributed by atoms with Crippen molar-refractivity contribution in [3.63, 3.8) is 0 Å². The van der Waals surface area contributed by atoms with E-state index >= 15 is 0 Å². The highest BCUT2D eigenvalue weighted by molar-refractivity contribution is 5.30. The number of rotatable bonds is 5. The maximum atomic E-state index is 6.19. The second-order valence-electron chi connectivity index (χ2n) is 5.18. The molecule has 0 amide bonds. The molecule has 1 aliphatic rings. The normalized spacial score (nSPS) is 23.9. The predicted octanol–water partition coefficient (Wildman–Crippen LogP) is 3.15. The molecule has 0 spiro atoms. The van der Waals surface area contributed by atoms with Gasteiger partial charge in [0.15, 0.2) is 0 Å². The molecule has 3 nitrogen and oxygen atoms in total. The second-order valence-corrected chi connectivity index (χ2v) is 5.18. The average Bonchev–Trinajstić information content (AvgIpc) is 2.40. The van der Waals surface area contributed by atoms with Crippen LogP contribution in [0.15, 0.2) is 18.5 Å². The van der Waals surface area contributed by atoms with Crippen LogP contribution >= 0.6 is 0 Å². The van der Waals surface area contributed by atoms with Gasteiger partial charge in [0.25, 0.3) is 0 Å². The van der Waals surface area contributed by atoms with Crippen molar-refractivity contribution in [1.82, 2.24) is 10.3 Å². The van der Waals surface area contributed by atoms with Crippen LogP contribution in [0.5, 0.6) is 5.75 Å². The fourth-order valence-corrected chi connectivity index (χ4v) is 2.54. The number of ether oxygens (including phenoxy) is 1. The highest BCUT2D eigenvalue weighted by Gasteiger charge is 2.23. The van der Waals surface area contributed by atoms with Gasteiger partial charge in [-0.3, -0.25) is 4.98 Å². The summed E-state index contributed by atoms with van der Waals surface area (Å²) in [6.45, 7) is 6.24. The van der Waals surface area contributed by atoms with E-state index in [2.05, 4.69) is 24.1 Å². The first kappa shape index (κ1) is 13.3. The topological polar surface area (TPSA) is 34.2 Å². The van der Waals surface area contributed by atoms with Crippen molar-refractivity contribution in [2.75, 3.05) is 6.54 Å². The van der Waals surface area contributed by atoms with Crippen LogP contribution < -0.4 is 10.1 Å². The van der Waals surface area contributed by atoms with Crippen LogP contribution in [-0.2, 0) is 6.54 Å². The Morgan fingerprint density at radius 2 is 2.22 bits per heavy atom. The summed E-state index contributed by atoms with van der Waals surface area (Å²) in [6, 6.07) is 2.05. The average molecular weight is 248 g/mol. The molecule has 1 aromatic rings. The maximum absolute atomic E-state index is 6.19. The van der Waals surface area contributed by atoms with E-state index in [9.17, 15) is 0 Å². The SMILES string of the molecule is CCNCc1ccncc1OC1CCCCC1C. The van der Waals surface area contributed by atoms with Crippen molar-refractivity contribution in [2.45, 2.75) is 52.2 Å². The van der Waals surface area contributed by atoms with Crippen LogP contribution in [0, 0.1) is 5.92 Å². The molecule has 0 saturated heterocycles. The molecular formula is C15H24N2O. The van der Waals surface area contributed by atoms with Crippen molar-refractivity contribution >= 4 is 0 Å². The first-order valence-corrected chi connectivity index (χ1v) is 7.11. The first-order valence-electron chi connectivity index (χ1n) is 7.11. The number of nitrogens with zero attached hydrogens (tertiary/aromatic N) is 1. The minimum absolute atomic E-state index is 0.364. The van der Waals surface area contributed by atoms with Gasteiger partial charge in [0.1, 0.15) is 11.9 Å². The summed E-state index contributed by atoms with van der Waals surface area (Å²) in [5.74, 6) is 1.61. The van der Waals surface area contributed by atoms with Gasteiger partial charge >= 0.3 is 0 Å². The Morgan fingerprint density at radius 1 is 1.39 bits per heavy atom. The molecule has 2 atom stereocenters. The van der Waals surface area contributed by atoms with Crippen molar-refractivity contribution in [3.05, 3.63) is 24.0 Å². The molecular weight excluding hydrogens is 224 g/mol. The highest BCUT2D eigenvalue weighted by atomic mass is 16.5. The molecule has 0 bridgehead atoms. The van der Waals surface area contributed by atoms with Gasteiger partial charge in [0.05, 0.1) is 6.20 Å². The molecule has 1 N–H and O–H groups in total. The van der Waals surface area contributed by atoms with E-state index in [1.807, 2.05) is 18.5 Å². The Hall–Kier alpha value is -1.09. The summed E-state index contributed by atoms with van der Waals surface area (Å²) in [5, 5.41) is 3.35. The Kier molecular flexibility index (Phi) is 5.00. The van der Waals surface area contributed by atoms with Crippen molar-refractivity contribution in [1.29, 1.82) is 0 Å². The third-order valence-corrected chi connectivity index (χ3v) is 3.75. The second kappa shape index (κ2) is 6.74. The van der Waals surface area contributed by atoms with E-state index < -0.39 is 0 Å². The largest absolute Gasteiger partial charge is 0.488 e. The maximum Gasteiger partial charge on any atom is 0.142 e. The van der Waals surface area contributed by atoms with Gasteiger partial charge in [-0.1, -0.05) is 20.3 Å². The molecule has 2 rings (SSSR count). The quantitative estimate of drug-likeness (QED) is 0.869. The molecule has 1 heterocycles. The summed E-state index contributed by atoms with van der Waals surface area (Å²) in [6.07, 6.45) is 9.15. The lowest BCUT2D eigenvalue weighted by Crippen LogP contribution is -2.29. The van der Waals surface area contributed by atoms with Gasteiger partial charge in [-0.05, 0) is 37.8 Å². The molecule has 2 unspecified atom stereocenters. The third kappa shape index (κ3) is 3.45. The number of hydrogen-bond acceptors (Lipinski definition) is 3. The van der Waals surface area contributed by atoms with E-state index in [0.29, 0.717) is 12.0 Å². The Balaban J connectivity index is 2.03. The lowest BCUT2D eigenvalue weighted by molar-refractivity contribution is 0.101. The Labute approximate surface area is 110 Å². The number of pyridine rings is 1. The zero-order valence-corrected chi connectivity index (χ0v) is 11.5. The fraction of sp³-hybridized carbons (Fsp3) is 0.667. The summed E-state index contributed by atoms with van der Waals surface area (Å²) in [4.78, 5) is 4.19. The lowest BCUT2D eigenvalue weighted by atomic mass is 9.88. The monoisotopic (exact) mass is 248 g/mol. The minimum Gasteiger partial charge on any atom is -0.488 e. The van der Waals surface area contributed by atoms with E-state index in [1.54, 1.807) is 0 Å². The third-order valence-electron chi connectivity index (χ3n) is 3.75. The Morgan fingerprint density at radius 3 is 3.00 bits per heavy atom. The van der Waals surface area contributed by atoms with Gasteiger partial charge in [0.2, 0.25) is 0 Å². The molecule has 18 heavy (non-hydrogen) atoms. The molecule has 3 heteroatoms. The summed E-state index contributed by atoms with van der Waals surface area (Å²) < 4.78 is 6.19. The van der Waals surface area contributed by atoms with Gasteiger partial charge in [-0.2, -0.15) is 0 Å². The van der Waals surface area contributed by atoms with Gasteiger partial charge in [0, 0.05) is 18.3 Å². The van der Waals surface area contributed by atoms with Gasteiger partial charge in [-0.25, -0.2) is 0 Å². The molecule has 100 valence electrons.